The van der Waals surface area contributed by atoms with E-state index in [2.05, 4.69) is 12.6 Å². The van der Waals surface area contributed by atoms with Gasteiger partial charge in [0.1, 0.15) is 0 Å². The Balaban J connectivity index is 2.98. The normalized spacial score (nSPS) is 10.9. The number of rotatable bonds is 5. The highest BCUT2D eigenvalue weighted by molar-refractivity contribution is 7.80. The van der Waals surface area contributed by atoms with Crippen LogP contribution < -0.4 is 0 Å². The van der Waals surface area contributed by atoms with E-state index < -0.39 is 4.92 Å². The summed E-state index contributed by atoms with van der Waals surface area (Å²) < 4.78 is 0. The minimum absolute atomic E-state index is 0.0458. The molecule has 0 amide bonds. The zero-order chi connectivity index (χ0) is 12.0. The lowest BCUT2D eigenvalue weighted by atomic mass is 10.1. The predicted octanol–water partition coefficient (Wildman–Crippen LogP) is 2.42. The summed E-state index contributed by atoms with van der Waals surface area (Å²) >= 11 is 4.06. The van der Waals surface area contributed by atoms with Crippen LogP contribution in [0.4, 0.5) is 5.69 Å². The number of hydrogen-bond acceptors (Lipinski definition) is 4. The van der Waals surface area contributed by atoms with E-state index in [4.69, 9.17) is 5.11 Å². The van der Waals surface area contributed by atoms with Gasteiger partial charge in [-0.05, 0) is 23.8 Å². The fourth-order valence-corrected chi connectivity index (χ4v) is 1.43. The van der Waals surface area contributed by atoms with Crippen molar-refractivity contribution in [2.75, 3.05) is 5.75 Å². The molecule has 1 N–H and O–H groups in total. The van der Waals surface area contributed by atoms with Gasteiger partial charge < -0.3 is 5.11 Å². The van der Waals surface area contributed by atoms with Crippen molar-refractivity contribution in [3.63, 3.8) is 0 Å². The van der Waals surface area contributed by atoms with Gasteiger partial charge in [0, 0.05) is 6.07 Å². The number of allylic oxidation sites excluding steroid dienone is 1. The molecule has 5 heteroatoms. The molecule has 0 fully saturated rings. The van der Waals surface area contributed by atoms with E-state index in [1.807, 2.05) is 12.2 Å². The van der Waals surface area contributed by atoms with Gasteiger partial charge in [0.2, 0.25) is 0 Å². The Morgan fingerprint density at radius 1 is 1.50 bits per heavy atom. The number of nitro groups is 1. The van der Waals surface area contributed by atoms with Gasteiger partial charge in [0.25, 0.3) is 5.69 Å². The van der Waals surface area contributed by atoms with E-state index in [-0.39, 0.29) is 12.3 Å². The fraction of sp³-hybridized carbons (Fsp3) is 0.273. The third kappa shape index (κ3) is 3.36. The van der Waals surface area contributed by atoms with Crippen LogP contribution in [0, 0.1) is 10.1 Å². The summed E-state index contributed by atoms with van der Waals surface area (Å²) in [6, 6.07) is 4.77. The van der Waals surface area contributed by atoms with E-state index in [9.17, 15) is 10.1 Å². The average molecular weight is 239 g/mol. The maximum atomic E-state index is 10.7. The van der Waals surface area contributed by atoms with Gasteiger partial charge in [-0.1, -0.05) is 18.2 Å². The van der Waals surface area contributed by atoms with Crippen LogP contribution in [-0.4, -0.2) is 15.8 Å². The van der Waals surface area contributed by atoms with Crippen molar-refractivity contribution in [2.24, 2.45) is 0 Å². The molecule has 1 rings (SSSR count). The van der Waals surface area contributed by atoms with E-state index in [1.54, 1.807) is 12.1 Å². The third-order valence-electron chi connectivity index (χ3n) is 2.08. The maximum Gasteiger partial charge on any atom is 0.275 e. The van der Waals surface area contributed by atoms with Gasteiger partial charge >= 0.3 is 0 Å². The monoisotopic (exact) mass is 239 g/mol. The minimum atomic E-state index is -0.485. The number of aliphatic hydroxyl groups is 1. The smallest absolute Gasteiger partial charge is 0.275 e. The first-order chi connectivity index (χ1) is 7.69. The molecule has 4 nitrogen and oxygen atoms in total. The van der Waals surface area contributed by atoms with Crippen molar-refractivity contribution in [1.29, 1.82) is 0 Å². The molecule has 0 aliphatic heterocycles. The van der Waals surface area contributed by atoms with Crippen LogP contribution in [0.25, 0.3) is 6.08 Å². The highest BCUT2D eigenvalue weighted by Crippen LogP contribution is 2.21. The van der Waals surface area contributed by atoms with Crippen LogP contribution >= 0.6 is 12.6 Å². The molecule has 0 bridgehead atoms. The summed E-state index contributed by atoms with van der Waals surface area (Å²) in [6.07, 6.45) is 4.54. The summed E-state index contributed by atoms with van der Waals surface area (Å²) in [5, 5.41) is 19.7. The van der Waals surface area contributed by atoms with Gasteiger partial charge in [-0.3, -0.25) is 10.1 Å². The number of aliphatic hydroxyl groups excluding tert-OH is 1. The second kappa shape index (κ2) is 6.30. The Labute approximate surface area is 99.2 Å². The molecular weight excluding hydrogens is 226 g/mol. The molecule has 16 heavy (non-hydrogen) atoms. The second-order valence-corrected chi connectivity index (χ2v) is 3.67. The van der Waals surface area contributed by atoms with Crippen LogP contribution in [-0.2, 0) is 6.61 Å². The van der Waals surface area contributed by atoms with Crippen molar-refractivity contribution < 1.29 is 10.0 Å². The van der Waals surface area contributed by atoms with Crippen LogP contribution in [0.1, 0.15) is 17.5 Å². The molecule has 0 spiro atoms. The second-order valence-electron chi connectivity index (χ2n) is 3.22. The molecule has 0 saturated carbocycles. The summed E-state index contributed by atoms with van der Waals surface area (Å²) in [7, 11) is 0. The first-order valence-electron chi connectivity index (χ1n) is 4.84. The van der Waals surface area contributed by atoms with E-state index in [0.29, 0.717) is 5.56 Å². The molecule has 1 aromatic carbocycles. The molecule has 86 valence electrons. The van der Waals surface area contributed by atoms with Crippen LogP contribution in [0.15, 0.2) is 24.3 Å². The zero-order valence-corrected chi connectivity index (χ0v) is 9.56. The SMILES string of the molecule is O=[N+]([O-])c1cc(C=CCCS)ccc1CO. The average Bonchev–Trinajstić information content (AvgIpc) is 2.29. The first kappa shape index (κ1) is 12.7. The molecule has 1 aromatic rings. The Bertz CT molecular complexity index is 404. The van der Waals surface area contributed by atoms with Gasteiger partial charge in [0.15, 0.2) is 0 Å². The Morgan fingerprint density at radius 2 is 2.25 bits per heavy atom. The highest BCUT2D eigenvalue weighted by atomic mass is 32.1. The molecular formula is C11H13NO3S. The summed E-state index contributed by atoms with van der Waals surface area (Å²) in [5.74, 6) is 0.743. The van der Waals surface area contributed by atoms with Crippen molar-refractivity contribution in [3.05, 3.63) is 45.5 Å². The van der Waals surface area contributed by atoms with Gasteiger partial charge in [-0.25, -0.2) is 0 Å². The summed E-state index contributed by atoms with van der Waals surface area (Å²) in [5.41, 5.74) is 1.04. The highest BCUT2D eigenvalue weighted by Gasteiger charge is 2.12. The number of thiol groups is 1. The lowest BCUT2D eigenvalue weighted by Gasteiger charge is -2.00. The number of nitrogens with zero attached hydrogens (tertiary/aromatic N) is 1. The van der Waals surface area contributed by atoms with Crippen molar-refractivity contribution in [2.45, 2.75) is 13.0 Å². The van der Waals surface area contributed by atoms with E-state index in [0.717, 1.165) is 17.7 Å². The lowest BCUT2D eigenvalue weighted by molar-refractivity contribution is -0.385. The molecule has 0 aromatic heterocycles. The molecule has 0 radical (unpaired) electrons. The molecule has 0 aliphatic carbocycles. The van der Waals surface area contributed by atoms with E-state index >= 15 is 0 Å². The number of benzene rings is 1. The van der Waals surface area contributed by atoms with Gasteiger partial charge in [-0.15, -0.1) is 0 Å². The molecule has 0 unspecified atom stereocenters. The first-order valence-corrected chi connectivity index (χ1v) is 5.48. The summed E-state index contributed by atoms with van der Waals surface area (Å²) in [4.78, 5) is 10.2. The maximum absolute atomic E-state index is 10.7. The quantitative estimate of drug-likeness (QED) is 0.471. The molecule has 0 heterocycles. The summed E-state index contributed by atoms with van der Waals surface area (Å²) in [6.45, 7) is -0.322. The van der Waals surface area contributed by atoms with Crippen molar-refractivity contribution >= 4 is 24.4 Å². The molecule has 0 saturated heterocycles. The Morgan fingerprint density at radius 3 is 2.81 bits per heavy atom. The van der Waals surface area contributed by atoms with E-state index in [1.165, 1.54) is 6.07 Å². The zero-order valence-electron chi connectivity index (χ0n) is 8.67. The third-order valence-corrected chi connectivity index (χ3v) is 2.34. The number of nitro benzene ring substituents is 1. The molecule has 0 aliphatic rings. The van der Waals surface area contributed by atoms with Crippen molar-refractivity contribution in [1.82, 2.24) is 0 Å². The van der Waals surface area contributed by atoms with Gasteiger partial charge in [0.05, 0.1) is 17.1 Å². The topological polar surface area (TPSA) is 63.4 Å². The number of hydrogen-bond donors (Lipinski definition) is 2. The van der Waals surface area contributed by atoms with Crippen LogP contribution in [0.5, 0.6) is 0 Å². The standard InChI is InChI=1S/C11H13NO3S/c13-8-10-5-4-9(3-1-2-6-16)7-11(10)12(14)15/h1,3-5,7,13,16H,2,6,8H2. The predicted molar refractivity (Wildman–Crippen MR) is 66.5 cm³/mol. The Kier molecular flexibility index (Phi) is 5.01. The minimum Gasteiger partial charge on any atom is -0.391 e. The molecule has 0 atom stereocenters. The van der Waals surface area contributed by atoms with Crippen LogP contribution in [0.2, 0.25) is 0 Å². The van der Waals surface area contributed by atoms with Crippen molar-refractivity contribution in [3.8, 4) is 0 Å². The van der Waals surface area contributed by atoms with Crippen LogP contribution in [0.3, 0.4) is 0 Å². The van der Waals surface area contributed by atoms with Gasteiger partial charge in [-0.2, -0.15) is 12.6 Å². The lowest BCUT2D eigenvalue weighted by Crippen LogP contribution is -1.95. The Hall–Kier alpha value is -1.33. The fourth-order valence-electron chi connectivity index (χ4n) is 1.28. The largest absolute Gasteiger partial charge is 0.391 e.